The highest BCUT2D eigenvalue weighted by atomic mass is 35.5. The molecule has 0 aliphatic heterocycles. The minimum absolute atomic E-state index is 0.155. The lowest BCUT2D eigenvalue weighted by Gasteiger charge is -2.11. The minimum Gasteiger partial charge on any atom is -0.329 e. The Morgan fingerprint density at radius 1 is 1.50 bits per heavy atom. The molecule has 0 bridgehead atoms. The van der Waals surface area contributed by atoms with E-state index in [0.29, 0.717) is 11.6 Å². The van der Waals surface area contributed by atoms with Gasteiger partial charge in [0.1, 0.15) is 0 Å². The summed E-state index contributed by atoms with van der Waals surface area (Å²) in [6.07, 6.45) is 0. The third-order valence-corrected chi connectivity index (χ3v) is 2.15. The zero-order chi connectivity index (χ0) is 9.14. The Kier molecular flexibility index (Phi) is 3.09. The van der Waals surface area contributed by atoms with Crippen LogP contribution in [-0.2, 0) is 0 Å². The van der Waals surface area contributed by atoms with Gasteiger partial charge in [0.05, 0.1) is 0 Å². The maximum Gasteiger partial charge on any atom is 0.0454 e. The van der Waals surface area contributed by atoms with Gasteiger partial charge in [0.15, 0.2) is 0 Å². The number of nitrogens with two attached hydrogens (primary N) is 2. The molecular formula is C9H13ClN2. The van der Waals surface area contributed by atoms with E-state index in [2.05, 4.69) is 0 Å². The Morgan fingerprint density at radius 2 is 2.17 bits per heavy atom. The molecule has 1 unspecified atom stereocenters. The third kappa shape index (κ3) is 1.97. The molecule has 0 radical (unpaired) electrons. The molecule has 1 aromatic rings. The fourth-order valence-electron chi connectivity index (χ4n) is 1.07. The molecule has 0 aliphatic rings. The minimum atomic E-state index is -0.155. The van der Waals surface area contributed by atoms with Gasteiger partial charge in [-0.1, -0.05) is 29.3 Å². The molecule has 1 aromatic carbocycles. The van der Waals surface area contributed by atoms with Gasteiger partial charge < -0.3 is 11.5 Å². The largest absolute Gasteiger partial charge is 0.329 e. The number of benzene rings is 1. The lowest BCUT2D eigenvalue weighted by molar-refractivity contribution is 0.736. The summed E-state index contributed by atoms with van der Waals surface area (Å²) in [6, 6.07) is 5.62. The summed E-state index contributed by atoms with van der Waals surface area (Å²) in [5.41, 5.74) is 13.3. The molecule has 1 rings (SSSR count). The van der Waals surface area contributed by atoms with Crippen molar-refractivity contribution >= 4 is 11.6 Å². The first kappa shape index (κ1) is 9.52. The van der Waals surface area contributed by atoms with Crippen LogP contribution < -0.4 is 11.5 Å². The van der Waals surface area contributed by atoms with Crippen molar-refractivity contribution in [3.63, 3.8) is 0 Å². The average molecular weight is 185 g/mol. The highest BCUT2D eigenvalue weighted by Crippen LogP contribution is 2.21. The fraction of sp³-hybridized carbons (Fsp3) is 0.333. The highest BCUT2D eigenvalue weighted by molar-refractivity contribution is 6.31. The van der Waals surface area contributed by atoms with Crippen LogP contribution in [0.3, 0.4) is 0 Å². The maximum atomic E-state index is 5.93. The third-order valence-electron chi connectivity index (χ3n) is 1.80. The molecule has 2 nitrogen and oxygen atoms in total. The molecule has 0 saturated heterocycles. The summed E-state index contributed by atoms with van der Waals surface area (Å²) in [5.74, 6) is 0. The Balaban J connectivity index is 3.04. The zero-order valence-corrected chi connectivity index (χ0v) is 7.81. The van der Waals surface area contributed by atoms with E-state index in [1.54, 1.807) is 0 Å². The summed E-state index contributed by atoms with van der Waals surface area (Å²) in [4.78, 5) is 0. The van der Waals surface area contributed by atoms with Gasteiger partial charge in [-0.3, -0.25) is 0 Å². The second-order valence-electron chi connectivity index (χ2n) is 2.87. The molecule has 0 spiro atoms. The molecule has 0 amide bonds. The quantitative estimate of drug-likeness (QED) is 0.734. The molecular weight excluding hydrogens is 172 g/mol. The number of halogens is 1. The Labute approximate surface area is 77.5 Å². The van der Waals surface area contributed by atoms with Crippen LogP contribution in [0.2, 0.25) is 5.02 Å². The van der Waals surface area contributed by atoms with E-state index in [1.165, 1.54) is 0 Å². The second kappa shape index (κ2) is 3.90. The van der Waals surface area contributed by atoms with Gasteiger partial charge in [-0.2, -0.15) is 0 Å². The summed E-state index contributed by atoms with van der Waals surface area (Å²) >= 11 is 5.93. The van der Waals surface area contributed by atoms with Crippen LogP contribution in [0, 0.1) is 6.92 Å². The first-order valence-corrected chi connectivity index (χ1v) is 4.24. The average Bonchev–Trinajstić information content (AvgIpc) is 2.08. The van der Waals surface area contributed by atoms with Gasteiger partial charge in [-0.15, -0.1) is 0 Å². The van der Waals surface area contributed by atoms with Crippen molar-refractivity contribution in [2.24, 2.45) is 11.5 Å². The van der Waals surface area contributed by atoms with Crippen LogP contribution in [0.25, 0.3) is 0 Å². The Morgan fingerprint density at radius 3 is 2.75 bits per heavy atom. The number of rotatable bonds is 2. The lowest BCUT2D eigenvalue weighted by atomic mass is 10.1. The van der Waals surface area contributed by atoms with Crippen molar-refractivity contribution in [2.75, 3.05) is 6.54 Å². The van der Waals surface area contributed by atoms with Gasteiger partial charge in [0, 0.05) is 17.6 Å². The SMILES string of the molecule is Cc1ccc(Cl)c(C(N)CN)c1. The van der Waals surface area contributed by atoms with Crippen molar-refractivity contribution in [2.45, 2.75) is 13.0 Å². The number of aryl methyl sites for hydroxylation is 1. The molecule has 0 fully saturated rings. The van der Waals surface area contributed by atoms with Crippen molar-refractivity contribution < 1.29 is 0 Å². The maximum absolute atomic E-state index is 5.93. The van der Waals surface area contributed by atoms with Gasteiger partial charge in [0.2, 0.25) is 0 Å². The summed E-state index contributed by atoms with van der Waals surface area (Å²) in [7, 11) is 0. The molecule has 66 valence electrons. The van der Waals surface area contributed by atoms with E-state index in [4.69, 9.17) is 23.1 Å². The number of hydrogen-bond donors (Lipinski definition) is 2. The Bertz CT molecular complexity index is 273. The van der Waals surface area contributed by atoms with Crippen LogP contribution in [0.4, 0.5) is 0 Å². The van der Waals surface area contributed by atoms with Crippen molar-refractivity contribution in [1.82, 2.24) is 0 Å². The smallest absolute Gasteiger partial charge is 0.0454 e. The molecule has 4 N–H and O–H groups in total. The highest BCUT2D eigenvalue weighted by Gasteiger charge is 2.07. The second-order valence-corrected chi connectivity index (χ2v) is 3.27. The first-order valence-electron chi connectivity index (χ1n) is 3.87. The van der Waals surface area contributed by atoms with Crippen molar-refractivity contribution in [3.8, 4) is 0 Å². The Hall–Kier alpha value is -0.570. The molecule has 0 heterocycles. The van der Waals surface area contributed by atoms with E-state index in [9.17, 15) is 0 Å². The monoisotopic (exact) mass is 184 g/mol. The molecule has 3 heteroatoms. The summed E-state index contributed by atoms with van der Waals surface area (Å²) < 4.78 is 0. The van der Waals surface area contributed by atoms with Gasteiger partial charge >= 0.3 is 0 Å². The van der Waals surface area contributed by atoms with Crippen LogP contribution in [0.1, 0.15) is 17.2 Å². The summed E-state index contributed by atoms with van der Waals surface area (Å²) in [6.45, 7) is 2.42. The normalized spacial score (nSPS) is 13.0. The standard InChI is InChI=1S/C9H13ClN2/c1-6-2-3-8(10)7(4-6)9(12)5-11/h2-4,9H,5,11-12H2,1H3. The van der Waals surface area contributed by atoms with E-state index < -0.39 is 0 Å². The van der Waals surface area contributed by atoms with Gasteiger partial charge in [-0.25, -0.2) is 0 Å². The van der Waals surface area contributed by atoms with E-state index in [1.807, 2.05) is 25.1 Å². The van der Waals surface area contributed by atoms with E-state index >= 15 is 0 Å². The topological polar surface area (TPSA) is 52.0 Å². The summed E-state index contributed by atoms with van der Waals surface area (Å²) in [5, 5.41) is 0.693. The molecule has 0 saturated carbocycles. The molecule has 12 heavy (non-hydrogen) atoms. The van der Waals surface area contributed by atoms with Crippen LogP contribution in [0.5, 0.6) is 0 Å². The fourth-order valence-corrected chi connectivity index (χ4v) is 1.33. The van der Waals surface area contributed by atoms with Crippen LogP contribution >= 0.6 is 11.6 Å². The molecule has 0 aliphatic carbocycles. The van der Waals surface area contributed by atoms with Gasteiger partial charge in [0.25, 0.3) is 0 Å². The first-order chi connectivity index (χ1) is 5.65. The van der Waals surface area contributed by atoms with E-state index in [0.717, 1.165) is 11.1 Å². The predicted molar refractivity (Wildman–Crippen MR) is 52.2 cm³/mol. The van der Waals surface area contributed by atoms with Crippen LogP contribution in [-0.4, -0.2) is 6.54 Å². The van der Waals surface area contributed by atoms with Crippen LogP contribution in [0.15, 0.2) is 18.2 Å². The van der Waals surface area contributed by atoms with Gasteiger partial charge in [-0.05, 0) is 18.6 Å². The zero-order valence-electron chi connectivity index (χ0n) is 7.05. The molecule has 0 aromatic heterocycles. The lowest BCUT2D eigenvalue weighted by Crippen LogP contribution is -2.21. The van der Waals surface area contributed by atoms with E-state index in [-0.39, 0.29) is 6.04 Å². The van der Waals surface area contributed by atoms with Crippen molar-refractivity contribution in [3.05, 3.63) is 34.3 Å². The predicted octanol–water partition coefficient (Wildman–Crippen LogP) is 1.61. The van der Waals surface area contributed by atoms with Crippen molar-refractivity contribution in [1.29, 1.82) is 0 Å². The molecule has 1 atom stereocenters. The number of hydrogen-bond acceptors (Lipinski definition) is 2.